The van der Waals surface area contributed by atoms with E-state index < -0.39 is 11.6 Å². The lowest BCUT2D eigenvalue weighted by Crippen LogP contribution is -2.50. The van der Waals surface area contributed by atoms with Crippen molar-refractivity contribution >= 4 is 40.8 Å². The molecule has 0 unspecified atom stereocenters. The molecule has 3 amide bonds. The molecule has 3 rings (SSSR count). The zero-order chi connectivity index (χ0) is 27.9. The first-order valence-corrected chi connectivity index (χ1v) is 13.1. The van der Waals surface area contributed by atoms with E-state index in [2.05, 4.69) is 15.8 Å². The molecule has 2 N–H and O–H groups in total. The number of hydrogen-bond acceptors (Lipinski definition) is 5. The van der Waals surface area contributed by atoms with Crippen molar-refractivity contribution in [2.45, 2.75) is 71.9 Å². The minimum absolute atomic E-state index is 0.104. The van der Waals surface area contributed by atoms with Crippen molar-refractivity contribution in [2.24, 2.45) is 0 Å². The second-order valence-corrected chi connectivity index (χ2v) is 10.2. The highest BCUT2D eigenvalue weighted by molar-refractivity contribution is 6.31. The molecule has 0 saturated heterocycles. The van der Waals surface area contributed by atoms with Gasteiger partial charge in [0.25, 0.3) is 0 Å². The van der Waals surface area contributed by atoms with Gasteiger partial charge in [-0.2, -0.15) is 0 Å². The predicted octanol–water partition coefficient (Wildman–Crippen LogP) is 6.00. The SMILES string of the molecule is CCc1ccccc1N(C(=O)CCC(=O)Nc1cc(C)on1)[C@@H](C(=O)NC(C)(C)CC)c1ccccc1Cl. The van der Waals surface area contributed by atoms with E-state index in [9.17, 15) is 14.4 Å². The average molecular weight is 539 g/mol. The van der Waals surface area contributed by atoms with E-state index in [0.717, 1.165) is 5.56 Å². The van der Waals surface area contributed by atoms with Gasteiger partial charge in [-0.25, -0.2) is 0 Å². The molecule has 1 aromatic heterocycles. The van der Waals surface area contributed by atoms with Crippen LogP contribution in [0.5, 0.6) is 0 Å². The Bertz CT molecular complexity index is 1290. The van der Waals surface area contributed by atoms with Gasteiger partial charge in [0.1, 0.15) is 11.8 Å². The molecule has 2 aromatic carbocycles. The molecule has 1 heterocycles. The number of halogens is 1. The van der Waals surface area contributed by atoms with Crippen LogP contribution >= 0.6 is 11.6 Å². The Morgan fingerprint density at radius 3 is 2.37 bits per heavy atom. The quantitative estimate of drug-likeness (QED) is 0.311. The van der Waals surface area contributed by atoms with Crippen LogP contribution in [0.3, 0.4) is 0 Å². The normalized spacial score (nSPS) is 12.1. The number of hydrogen-bond donors (Lipinski definition) is 2. The fraction of sp³-hybridized carbons (Fsp3) is 0.379. The Labute approximate surface area is 228 Å². The summed E-state index contributed by atoms with van der Waals surface area (Å²) in [6.07, 6.45) is 1.09. The molecular formula is C29H35ClN4O4. The molecule has 0 radical (unpaired) electrons. The Morgan fingerprint density at radius 2 is 1.74 bits per heavy atom. The number of carbonyl (C=O) groups excluding carboxylic acids is 3. The lowest BCUT2D eigenvalue weighted by molar-refractivity contribution is -0.128. The van der Waals surface area contributed by atoms with E-state index in [4.69, 9.17) is 16.1 Å². The summed E-state index contributed by atoms with van der Waals surface area (Å²) in [7, 11) is 0. The van der Waals surface area contributed by atoms with Crippen molar-refractivity contribution in [3.05, 3.63) is 76.5 Å². The van der Waals surface area contributed by atoms with Gasteiger partial charge in [0.15, 0.2) is 5.82 Å². The van der Waals surface area contributed by atoms with Crippen LogP contribution in [0.4, 0.5) is 11.5 Å². The zero-order valence-corrected chi connectivity index (χ0v) is 23.3. The molecule has 8 nitrogen and oxygen atoms in total. The molecule has 0 bridgehead atoms. The highest BCUT2D eigenvalue weighted by Crippen LogP contribution is 2.35. The van der Waals surface area contributed by atoms with E-state index in [1.165, 1.54) is 4.90 Å². The maximum atomic E-state index is 13.9. The summed E-state index contributed by atoms with van der Waals surface area (Å²) in [4.78, 5) is 41.9. The predicted molar refractivity (Wildman–Crippen MR) is 149 cm³/mol. The minimum Gasteiger partial charge on any atom is -0.360 e. The van der Waals surface area contributed by atoms with Crippen LogP contribution < -0.4 is 15.5 Å². The Hall–Kier alpha value is -3.65. The van der Waals surface area contributed by atoms with E-state index >= 15 is 0 Å². The number of carbonyl (C=O) groups is 3. The summed E-state index contributed by atoms with van der Waals surface area (Å²) in [6, 6.07) is 15.0. The Kier molecular flexibility index (Phi) is 9.69. The standard InChI is InChI=1S/C29H35ClN4O4/c1-6-20-12-8-11-15-23(20)34(26(36)17-16-25(35)31-24-18-19(3)38-33-24)27(21-13-9-10-14-22(21)30)28(37)32-29(4,5)7-2/h8-15,18,27H,6-7,16-17H2,1-5H3,(H,32,37)(H,31,33,35)/t27-/m1/s1. The molecular weight excluding hydrogens is 504 g/mol. The average Bonchev–Trinajstić information content (AvgIpc) is 3.30. The van der Waals surface area contributed by atoms with Crippen molar-refractivity contribution in [1.29, 1.82) is 0 Å². The van der Waals surface area contributed by atoms with Crippen molar-refractivity contribution in [2.75, 3.05) is 10.2 Å². The van der Waals surface area contributed by atoms with Gasteiger partial charge >= 0.3 is 0 Å². The van der Waals surface area contributed by atoms with Crippen molar-refractivity contribution in [3.63, 3.8) is 0 Å². The molecule has 0 saturated carbocycles. The number of para-hydroxylation sites is 1. The van der Waals surface area contributed by atoms with Gasteiger partial charge in [0.05, 0.1) is 0 Å². The van der Waals surface area contributed by atoms with Gasteiger partial charge in [0, 0.05) is 40.7 Å². The number of aryl methyl sites for hydroxylation is 2. The largest absolute Gasteiger partial charge is 0.360 e. The van der Waals surface area contributed by atoms with Gasteiger partial charge in [-0.05, 0) is 51.3 Å². The summed E-state index contributed by atoms with van der Waals surface area (Å²) in [5.41, 5.74) is 1.48. The smallest absolute Gasteiger partial charge is 0.248 e. The van der Waals surface area contributed by atoms with E-state index in [-0.39, 0.29) is 36.4 Å². The monoisotopic (exact) mass is 538 g/mol. The van der Waals surface area contributed by atoms with Crippen LogP contribution in [0.15, 0.2) is 59.1 Å². The number of aromatic nitrogens is 1. The number of nitrogens with one attached hydrogen (secondary N) is 2. The molecule has 202 valence electrons. The summed E-state index contributed by atoms with van der Waals surface area (Å²) < 4.78 is 4.98. The summed E-state index contributed by atoms with van der Waals surface area (Å²) in [5.74, 6) is -0.287. The molecule has 0 spiro atoms. The van der Waals surface area contributed by atoms with Crippen molar-refractivity contribution < 1.29 is 18.9 Å². The van der Waals surface area contributed by atoms with E-state index in [1.54, 1.807) is 37.3 Å². The molecule has 38 heavy (non-hydrogen) atoms. The second kappa shape index (κ2) is 12.7. The van der Waals surface area contributed by atoms with Crippen LogP contribution in [0.2, 0.25) is 5.02 Å². The molecule has 3 aromatic rings. The Balaban J connectivity index is 2.02. The van der Waals surface area contributed by atoms with Crippen LogP contribution in [0, 0.1) is 6.92 Å². The molecule has 0 aliphatic carbocycles. The Morgan fingerprint density at radius 1 is 1.05 bits per heavy atom. The molecule has 0 aliphatic rings. The van der Waals surface area contributed by atoms with Crippen molar-refractivity contribution in [3.8, 4) is 0 Å². The van der Waals surface area contributed by atoms with E-state index in [0.29, 0.717) is 34.9 Å². The lowest BCUT2D eigenvalue weighted by Gasteiger charge is -2.36. The first kappa shape index (κ1) is 28.9. The van der Waals surface area contributed by atoms with Gasteiger partial charge in [-0.3, -0.25) is 19.3 Å². The first-order valence-electron chi connectivity index (χ1n) is 12.8. The lowest BCUT2D eigenvalue weighted by atomic mass is 9.97. The van der Waals surface area contributed by atoms with Gasteiger partial charge in [-0.15, -0.1) is 0 Å². The van der Waals surface area contributed by atoms with Gasteiger partial charge in [0.2, 0.25) is 17.7 Å². The van der Waals surface area contributed by atoms with Gasteiger partial charge in [-0.1, -0.05) is 67.0 Å². The maximum Gasteiger partial charge on any atom is 0.248 e. The third-order valence-electron chi connectivity index (χ3n) is 6.41. The van der Waals surface area contributed by atoms with Crippen LogP contribution in [-0.4, -0.2) is 28.4 Å². The third-order valence-corrected chi connectivity index (χ3v) is 6.76. The number of benzene rings is 2. The topological polar surface area (TPSA) is 105 Å². The third kappa shape index (κ3) is 7.22. The number of rotatable bonds is 11. The highest BCUT2D eigenvalue weighted by atomic mass is 35.5. The highest BCUT2D eigenvalue weighted by Gasteiger charge is 2.36. The van der Waals surface area contributed by atoms with E-state index in [1.807, 2.05) is 52.0 Å². The summed E-state index contributed by atoms with van der Waals surface area (Å²) in [6.45, 7) is 9.54. The van der Waals surface area contributed by atoms with Crippen LogP contribution in [0.1, 0.15) is 69.9 Å². The number of nitrogens with zero attached hydrogens (tertiary/aromatic N) is 2. The number of amides is 3. The second-order valence-electron chi connectivity index (χ2n) is 9.77. The van der Waals surface area contributed by atoms with Gasteiger partial charge < -0.3 is 15.2 Å². The van der Waals surface area contributed by atoms with Crippen LogP contribution in [-0.2, 0) is 20.8 Å². The molecule has 9 heteroatoms. The molecule has 1 atom stereocenters. The fourth-order valence-corrected chi connectivity index (χ4v) is 4.26. The fourth-order valence-electron chi connectivity index (χ4n) is 4.02. The van der Waals surface area contributed by atoms with Crippen LogP contribution in [0.25, 0.3) is 0 Å². The first-order chi connectivity index (χ1) is 18.1. The summed E-state index contributed by atoms with van der Waals surface area (Å²) >= 11 is 6.60. The zero-order valence-electron chi connectivity index (χ0n) is 22.5. The maximum absolute atomic E-state index is 13.9. The molecule has 0 aliphatic heterocycles. The molecule has 0 fully saturated rings. The number of anilines is 2. The minimum atomic E-state index is -1.05. The summed E-state index contributed by atoms with van der Waals surface area (Å²) in [5, 5.41) is 9.85. The van der Waals surface area contributed by atoms with Crippen molar-refractivity contribution in [1.82, 2.24) is 10.5 Å².